The summed E-state index contributed by atoms with van der Waals surface area (Å²) < 4.78 is 43.5. The summed E-state index contributed by atoms with van der Waals surface area (Å²) in [6.07, 6.45) is 0. The molecule has 0 saturated carbocycles. The van der Waals surface area contributed by atoms with Crippen LogP contribution < -0.4 is 73.8 Å². The molecule has 0 bridgehead atoms. The molecule has 6 aromatic rings. The zero-order valence-corrected chi connectivity index (χ0v) is 53.1. The monoisotopic (exact) mass is 1360 g/mol. The van der Waals surface area contributed by atoms with Gasteiger partial charge < -0.3 is 0 Å². The average molecular weight is 1370 g/mol. The van der Waals surface area contributed by atoms with E-state index in [1.54, 1.807) is 0 Å². The van der Waals surface area contributed by atoms with Gasteiger partial charge in [-0.05, 0) is 139 Å². The topological polar surface area (TPSA) is 86.2 Å². The van der Waals surface area contributed by atoms with Crippen LogP contribution in [0, 0.1) is 21.4 Å². The first-order chi connectivity index (χ1) is 31.0. The van der Waals surface area contributed by atoms with Crippen LogP contribution in [0.4, 0.5) is 0 Å². The maximum atomic E-state index is 8.64. The van der Waals surface area contributed by atoms with E-state index in [2.05, 4.69) is 270 Å². The summed E-state index contributed by atoms with van der Waals surface area (Å²) in [5.74, 6) is 0. The van der Waals surface area contributed by atoms with Crippen molar-refractivity contribution in [1.29, 1.82) is 0 Å². The molecule has 0 aromatic heterocycles. The second kappa shape index (κ2) is 25.1. The average Bonchev–Trinajstić information content (AvgIpc) is 3.20. The Bertz CT molecular complexity index is 2020. The Morgan fingerprint density at radius 1 is 0.250 bits per heavy atom. The number of benzene rings is 6. The SMILES string of the molecule is CC(C)(C)c1ccc([I+]c2ccc(C(C)(C)C)cc2)cc1.CC(C)(C)c1ccc([I+]c2ccc(C(C)(C)C)cc2)cc1.CC(C)(C)c1ccc([I+]c2ccc(C(C)(C)C)cc2)cc1.[O]=[Sb]([O-])([O-])[O-]. The Morgan fingerprint density at radius 3 is 0.412 bits per heavy atom. The van der Waals surface area contributed by atoms with E-state index >= 15 is 0 Å². The molecule has 0 N–H and O–H groups in total. The van der Waals surface area contributed by atoms with Gasteiger partial charge in [-0.1, -0.05) is 197 Å². The molecule has 6 rings (SSSR count). The molecule has 0 amide bonds. The molecular formula is C60H78I3O4Sb. The maximum absolute atomic E-state index is 8.64. The fourth-order valence-corrected chi connectivity index (χ4v) is 12.9. The first-order valence-corrected chi connectivity index (χ1v) is 33.9. The van der Waals surface area contributed by atoms with Crippen LogP contribution >= 0.6 is 0 Å². The van der Waals surface area contributed by atoms with Crippen LogP contribution in [0.25, 0.3) is 0 Å². The van der Waals surface area contributed by atoms with Gasteiger partial charge in [-0.3, -0.25) is 0 Å². The Hall–Kier alpha value is -1.99. The van der Waals surface area contributed by atoms with Gasteiger partial charge in [0.1, 0.15) is 0 Å². The fraction of sp³-hybridized carbons (Fsp3) is 0.400. The van der Waals surface area contributed by atoms with Gasteiger partial charge in [0.25, 0.3) is 0 Å². The molecule has 0 fully saturated rings. The van der Waals surface area contributed by atoms with Crippen LogP contribution in [0.1, 0.15) is 158 Å². The van der Waals surface area contributed by atoms with Crippen molar-refractivity contribution in [2.24, 2.45) is 0 Å². The predicted octanol–water partition coefficient (Wildman–Crippen LogP) is 3.16. The number of rotatable bonds is 6. The van der Waals surface area contributed by atoms with Crippen LogP contribution in [0.5, 0.6) is 0 Å². The zero-order valence-electron chi connectivity index (χ0n) is 44.1. The van der Waals surface area contributed by atoms with Gasteiger partial charge in [-0.25, -0.2) is 0 Å². The molecule has 0 aliphatic rings. The first kappa shape index (κ1) is 60.3. The van der Waals surface area contributed by atoms with E-state index < -0.39 is 20.1 Å². The quantitative estimate of drug-likeness (QED) is 0.190. The predicted molar refractivity (Wildman–Crippen MR) is 269 cm³/mol. The van der Waals surface area contributed by atoms with Crippen molar-refractivity contribution in [1.82, 2.24) is 0 Å². The minimum absolute atomic E-state index is 0.0703. The van der Waals surface area contributed by atoms with Crippen LogP contribution in [-0.4, -0.2) is 20.1 Å². The molecule has 368 valence electrons. The normalized spacial score (nSPS) is 12.4. The third-order valence-electron chi connectivity index (χ3n) is 10.9. The van der Waals surface area contributed by atoms with Crippen molar-refractivity contribution in [3.63, 3.8) is 0 Å². The standard InChI is InChI=1S/3C20H26I.4O.Sb/c3*1-19(2,3)15-7-11-17(12-8-15)21-18-13-9-16(10-14-18)20(4,5)6;;;;;/h3*7-14H,1-6H3;;;;;/q3*+1;;3*-1;. The summed E-state index contributed by atoms with van der Waals surface area (Å²) in [5, 5.41) is 0. The van der Waals surface area contributed by atoms with Gasteiger partial charge in [0.15, 0.2) is 21.4 Å². The summed E-state index contributed by atoms with van der Waals surface area (Å²) in [4.78, 5) is 0. The number of halogens is 3. The van der Waals surface area contributed by atoms with E-state index in [1.807, 2.05) is 0 Å². The van der Waals surface area contributed by atoms with E-state index in [4.69, 9.17) is 13.2 Å². The van der Waals surface area contributed by atoms with Gasteiger partial charge in [-0.15, -0.1) is 0 Å². The van der Waals surface area contributed by atoms with Gasteiger partial charge >= 0.3 is 96.8 Å². The van der Waals surface area contributed by atoms with Crippen molar-refractivity contribution in [3.05, 3.63) is 200 Å². The molecular weight excluding hydrogens is 1290 g/mol. The summed E-state index contributed by atoms with van der Waals surface area (Å²) in [6.45, 7) is 40.8. The summed E-state index contributed by atoms with van der Waals surface area (Å²) in [5.41, 5.74) is 9.94. The minimum atomic E-state index is -6.10. The van der Waals surface area contributed by atoms with E-state index in [1.165, 1.54) is 54.8 Å². The van der Waals surface area contributed by atoms with Crippen molar-refractivity contribution in [3.8, 4) is 0 Å². The Morgan fingerprint density at radius 2 is 0.338 bits per heavy atom. The molecule has 0 saturated heterocycles. The second-order valence-electron chi connectivity index (χ2n) is 23.3. The first-order valence-electron chi connectivity index (χ1n) is 23.3. The van der Waals surface area contributed by atoms with E-state index in [0.717, 1.165) is 0 Å². The van der Waals surface area contributed by atoms with Crippen LogP contribution in [-0.2, 0) is 35.5 Å². The zero-order chi connectivity index (χ0) is 51.5. The van der Waals surface area contributed by atoms with E-state index in [9.17, 15) is 0 Å². The molecule has 0 aliphatic carbocycles. The van der Waals surface area contributed by atoms with Gasteiger partial charge in [0.2, 0.25) is 0 Å². The number of hydrogen-bond donors (Lipinski definition) is 0. The van der Waals surface area contributed by atoms with Crippen LogP contribution in [0.3, 0.4) is 0 Å². The van der Waals surface area contributed by atoms with E-state index in [-0.39, 0.29) is 96.1 Å². The summed E-state index contributed by atoms with van der Waals surface area (Å²) in [6, 6.07) is 55.2. The van der Waals surface area contributed by atoms with Gasteiger partial charge in [0, 0.05) is 0 Å². The molecule has 0 unspecified atom stereocenters. The van der Waals surface area contributed by atoms with Crippen LogP contribution in [0.2, 0.25) is 0 Å². The molecule has 8 heteroatoms. The third kappa shape index (κ3) is 22.6. The van der Waals surface area contributed by atoms with Crippen molar-refractivity contribution in [2.75, 3.05) is 0 Å². The molecule has 0 heterocycles. The van der Waals surface area contributed by atoms with Crippen molar-refractivity contribution in [2.45, 2.75) is 157 Å². The van der Waals surface area contributed by atoms with Crippen LogP contribution in [0.15, 0.2) is 146 Å². The Kier molecular flexibility index (Phi) is 22.3. The number of hydrogen-bond acceptors (Lipinski definition) is 4. The molecule has 0 spiro atoms. The summed E-state index contributed by atoms with van der Waals surface area (Å²) in [7, 11) is 0. The Balaban J connectivity index is 0.000000257. The molecule has 4 nitrogen and oxygen atoms in total. The van der Waals surface area contributed by atoms with E-state index in [0.29, 0.717) is 0 Å². The fourth-order valence-electron chi connectivity index (χ4n) is 6.46. The molecule has 6 aromatic carbocycles. The molecule has 0 atom stereocenters. The molecule has 68 heavy (non-hydrogen) atoms. The Labute approximate surface area is 449 Å². The molecule has 0 radical (unpaired) electrons. The van der Waals surface area contributed by atoms with Gasteiger partial charge in [0.05, 0.1) is 0 Å². The third-order valence-corrected chi connectivity index (χ3v) is 19.0. The molecule has 0 aliphatic heterocycles. The summed E-state index contributed by atoms with van der Waals surface area (Å²) >= 11 is -6.31. The van der Waals surface area contributed by atoms with Crippen molar-refractivity contribution >= 4 is 20.1 Å². The van der Waals surface area contributed by atoms with Gasteiger partial charge in [-0.2, -0.15) is 0 Å². The van der Waals surface area contributed by atoms with Crippen molar-refractivity contribution < 1.29 is 76.8 Å². The second-order valence-corrected chi connectivity index (χ2v) is 34.9.